The highest BCUT2D eigenvalue weighted by Crippen LogP contribution is 2.27. The number of methoxy groups -OCH3 is 1. The highest BCUT2D eigenvalue weighted by molar-refractivity contribution is 5.81. The number of para-hydroxylation sites is 2. The summed E-state index contributed by atoms with van der Waals surface area (Å²) in [5.41, 5.74) is 5.00. The van der Waals surface area contributed by atoms with Crippen LogP contribution in [0, 0.1) is 23.3 Å². The Labute approximate surface area is 208 Å². The van der Waals surface area contributed by atoms with Crippen molar-refractivity contribution in [2.75, 3.05) is 23.3 Å². The van der Waals surface area contributed by atoms with Crippen molar-refractivity contribution in [3.63, 3.8) is 0 Å². The molecule has 0 saturated heterocycles. The van der Waals surface area contributed by atoms with Crippen molar-refractivity contribution < 1.29 is 22.3 Å². The third-order valence-electron chi connectivity index (χ3n) is 4.82. The van der Waals surface area contributed by atoms with Crippen molar-refractivity contribution in [2.24, 2.45) is 10.2 Å². The number of ether oxygens (including phenoxy) is 1. The molecule has 4 rings (SSSR count). The lowest BCUT2D eigenvalue weighted by Crippen LogP contribution is -2.05. The van der Waals surface area contributed by atoms with Crippen LogP contribution in [0.3, 0.4) is 0 Å². The maximum Gasteiger partial charge on any atom is 0.231 e. The van der Waals surface area contributed by atoms with Gasteiger partial charge in [0, 0.05) is 6.07 Å². The largest absolute Gasteiger partial charge is 0.495 e. The van der Waals surface area contributed by atoms with E-state index in [-0.39, 0.29) is 28.7 Å². The van der Waals surface area contributed by atoms with Crippen LogP contribution < -0.4 is 20.9 Å². The molecule has 1 heterocycles. The zero-order valence-electron chi connectivity index (χ0n) is 19.2. The van der Waals surface area contributed by atoms with Crippen LogP contribution in [0.5, 0.6) is 5.75 Å². The molecule has 3 aromatic carbocycles. The summed E-state index contributed by atoms with van der Waals surface area (Å²) in [5, 5.41) is 10.7. The average Bonchev–Trinajstić information content (AvgIpc) is 2.88. The molecule has 0 fully saturated rings. The van der Waals surface area contributed by atoms with Crippen LogP contribution in [0.2, 0.25) is 0 Å². The van der Waals surface area contributed by atoms with E-state index in [1.807, 2.05) is 0 Å². The van der Waals surface area contributed by atoms with E-state index >= 15 is 0 Å². The Morgan fingerprint density at radius 3 is 1.68 bits per heavy atom. The normalized spacial score (nSPS) is 11.2. The van der Waals surface area contributed by atoms with Crippen LogP contribution in [0.4, 0.5) is 40.8 Å². The van der Waals surface area contributed by atoms with Crippen molar-refractivity contribution in [3.05, 3.63) is 101 Å². The van der Waals surface area contributed by atoms with E-state index < -0.39 is 23.3 Å². The first-order valence-electron chi connectivity index (χ1n) is 10.7. The van der Waals surface area contributed by atoms with Crippen molar-refractivity contribution in [1.82, 2.24) is 9.97 Å². The predicted octanol–water partition coefficient (Wildman–Crippen LogP) is 5.68. The van der Waals surface area contributed by atoms with Crippen LogP contribution in [0.25, 0.3) is 0 Å². The van der Waals surface area contributed by atoms with Gasteiger partial charge < -0.3 is 10.1 Å². The smallest absolute Gasteiger partial charge is 0.231 e. The summed E-state index contributed by atoms with van der Waals surface area (Å²) < 4.78 is 60.8. The minimum Gasteiger partial charge on any atom is -0.495 e. The van der Waals surface area contributed by atoms with Gasteiger partial charge in [-0.15, -0.1) is 0 Å². The SMILES string of the molecule is COc1ccccc1Nc1nc(NN=Cc2c(F)cccc2F)cc(NN=Cc2c(F)cccc2F)n1. The lowest BCUT2D eigenvalue weighted by Gasteiger charge is -2.11. The molecule has 1 aromatic heterocycles. The second-order valence-corrected chi connectivity index (χ2v) is 7.30. The van der Waals surface area contributed by atoms with Gasteiger partial charge in [0.25, 0.3) is 0 Å². The molecule has 0 saturated carbocycles. The Bertz CT molecular complexity index is 1340. The third kappa shape index (κ3) is 6.36. The number of hydrogen-bond donors (Lipinski definition) is 3. The van der Waals surface area contributed by atoms with Crippen molar-refractivity contribution in [2.45, 2.75) is 0 Å². The van der Waals surface area contributed by atoms with Gasteiger partial charge >= 0.3 is 0 Å². The summed E-state index contributed by atoms with van der Waals surface area (Å²) in [6, 6.07) is 15.3. The molecule has 0 unspecified atom stereocenters. The van der Waals surface area contributed by atoms with Crippen LogP contribution in [0.1, 0.15) is 11.1 Å². The summed E-state index contributed by atoms with van der Waals surface area (Å²) in [6.07, 6.45) is 1.93. The van der Waals surface area contributed by atoms with E-state index in [4.69, 9.17) is 4.74 Å². The molecule has 0 spiro atoms. The second kappa shape index (κ2) is 11.6. The summed E-state index contributed by atoms with van der Waals surface area (Å²) in [5.74, 6) is -2.36. The zero-order valence-corrected chi connectivity index (χ0v) is 19.2. The lowest BCUT2D eigenvalue weighted by atomic mass is 10.2. The van der Waals surface area contributed by atoms with E-state index in [1.54, 1.807) is 24.3 Å². The van der Waals surface area contributed by atoms with Gasteiger partial charge in [0.05, 0.1) is 36.4 Å². The molecule has 188 valence electrons. The van der Waals surface area contributed by atoms with Gasteiger partial charge in [0.1, 0.15) is 29.0 Å². The van der Waals surface area contributed by atoms with Crippen LogP contribution >= 0.6 is 0 Å². The molecule has 3 N–H and O–H groups in total. The summed E-state index contributed by atoms with van der Waals surface area (Å²) >= 11 is 0. The summed E-state index contributed by atoms with van der Waals surface area (Å²) in [6.45, 7) is 0. The number of nitrogens with one attached hydrogen (secondary N) is 3. The number of hydrazone groups is 2. The van der Waals surface area contributed by atoms with E-state index in [0.717, 1.165) is 36.7 Å². The van der Waals surface area contributed by atoms with Crippen LogP contribution in [-0.4, -0.2) is 29.5 Å². The highest BCUT2D eigenvalue weighted by Gasteiger charge is 2.10. The molecule has 0 amide bonds. The number of rotatable bonds is 9. The average molecular weight is 509 g/mol. The molecule has 0 aliphatic rings. The van der Waals surface area contributed by atoms with E-state index in [2.05, 4.69) is 36.3 Å². The predicted molar refractivity (Wildman–Crippen MR) is 133 cm³/mol. The van der Waals surface area contributed by atoms with Gasteiger partial charge in [-0.2, -0.15) is 20.2 Å². The van der Waals surface area contributed by atoms with Gasteiger partial charge in [-0.05, 0) is 36.4 Å². The Kier molecular flexibility index (Phi) is 7.88. The fourth-order valence-electron chi connectivity index (χ4n) is 3.08. The van der Waals surface area contributed by atoms with E-state index in [0.29, 0.717) is 11.4 Å². The molecule has 37 heavy (non-hydrogen) atoms. The number of anilines is 4. The van der Waals surface area contributed by atoms with Gasteiger partial charge in [0.2, 0.25) is 5.95 Å². The molecule has 0 aliphatic carbocycles. The maximum atomic E-state index is 13.9. The standard InChI is InChI=1S/C25H19F4N7O/c1-37-22-11-3-2-10-21(22)32-25-33-23(35-30-13-15-17(26)6-4-7-18(15)27)12-24(34-25)36-31-14-16-19(28)8-5-9-20(16)29/h2-14H,1H3,(H3,32,33,34,35,36). The fraction of sp³-hybridized carbons (Fsp3) is 0.0400. The first-order valence-corrected chi connectivity index (χ1v) is 10.7. The Hall–Kier alpha value is -5.00. The van der Waals surface area contributed by atoms with Crippen LogP contribution in [0.15, 0.2) is 76.9 Å². The van der Waals surface area contributed by atoms with Gasteiger partial charge in [-0.25, -0.2) is 17.6 Å². The number of nitrogens with zero attached hydrogens (tertiary/aromatic N) is 4. The van der Waals surface area contributed by atoms with Crippen molar-refractivity contribution in [3.8, 4) is 5.75 Å². The number of benzene rings is 3. The zero-order chi connectivity index (χ0) is 26.2. The third-order valence-corrected chi connectivity index (χ3v) is 4.82. The lowest BCUT2D eigenvalue weighted by molar-refractivity contribution is 0.417. The molecule has 8 nitrogen and oxygen atoms in total. The van der Waals surface area contributed by atoms with E-state index in [9.17, 15) is 17.6 Å². The van der Waals surface area contributed by atoms with Gasteiger partial charge in [-0.3, -0.25) is 10.9 Å². The minimum atomic E-state index is -0.788. The summed E-state index contributed by atoms with van der Waals surface area (Å²) in [7, 11) is 1.50. The molecule has 4 aromatic rings. The topological polar surface area (TPSA) is 95.8 Å². The Morgan fingerprint density at radius 1 is 0.703 bits per heavy atom. The Morgan fingerprint density at radius 2 is 1.19 bits per heavy atom. The van der Waals surface area contributed by atoms with Crippen LogP contribution in [-0.2, 0) is 0 Å². The molecular weight excluding hydrogens is 490 g/mol. The summed E-state index contributed by atoms with van der Waals surface area (Å²) in [4.78, 5) is 8.55. The van der Waals surface area contributed by atoms with E-state index in [1.165, 1.54) is 25.3 Å². The minimum absolute atomic E-state index is 0.0662. The Balaban J connectivity index is 1.61. The number of halogens is 4. The fourth-order valence-corrected chi connectivity index (χ4v) is 3.08. The van der Waals surface area contributed by atoms with Gasteiger partial charge in [-0.1, -0.05) is 24.3 Å². The van der Waals surface area contributed by atoms with Crippen molar-refractivity contribution in [1.29, 1.82) is 0 Å². The second-order valence-electron chi connectivity index (χ2n) is 7.30. The van der Waals surface area contributed by atoms with Gasteiger partial charge in [0.15, 0.2) is 11.6 Å². The highest BCUT2D eigenvalue weighted by atomic mass is 19.1. The van der Waals surface area contributed by atoms with Crippen molar-refractivity contribution >= 4 is 35.7 Å². The molecule has 0 atom stereocenters. The first-order chi connectivity index (χ1) is 17.9. The number of aromatic nitrogens is 2. The molecule has 0 bridgehead atoms. The number of hydrogen-bond acceptors (Lipinski definition) is 8. The monoisotopic (exact) mass is 509 g/mol. The molecule has 0 aliphatic heterocycles. The molecular formula is C25H19F4N7O. The maximum absolute atomic E-state index is 13.9. The molecule has 12 heteroatoms. The first kappa shape index (κ1) is 25.1. The quantitative estimate of drug-likeness (QED) is 0.153. The molecule has 0 radical (unpaired) electrons.